The lowest BCUT2D eigenvalue weighted by atomic mass is 10.2. The Morgan fingerprint density at radius 2 is 1.61 bits per heavy atom. The van der Waals surface area contributed by atoms with Crippen molar-refractivity contribution in [2.45, 2.75) is 19.8 Å². The fraction of sp³-hybridized carbons (Fsp3) is 0.286. The number of hydrogen-bond acceptors (Lipinski definition) is 3. The molecule has 0 radical (unpaired) electrons. The summed E-state index contributed by atoms with van der Waals surface area (Å²) in [5.41, 5.74) is 2.95. The monoisotopic (exact) mass is 380 g/mol. The van der Waals surface area contributed by atoms with Gasteiger partial charge < -0.3 is 21.3 Å². The highest BCUT2D eigenvalue weighted by Crippen LogP contribution is 2.30. The Bertz CT molecular complexity index is 860. The van der Waals surface area contributed by atoms with Gasteiger partial charge in [-0.3, -0.25) is 9.59 Å². The van der Waals surface area contributed by atoms with E-state index in [4.69, 9.17) is 0 Å². The molecule has 0 bridgehead atoms. The molecule has 0 saturated heterocycles. The molecule has 0 atom stereocenters. The normalized spacial score (nSPS) is 12.8. The van der Waals surface area contributed by atoms with Crippen LogP contribution in [-0.4, -0.2) is 30.9 Å². The lowest BCUT2D eigenvalue weighted by molar-refractivity contribution is -0.117. The summed E-state index contributed by atoms with van der Waals surface area (Å²) in [4.78, 5) is 35.7. The Morgan fingerprint density at radius 3 is 2.29 bits per heavy atom. The minimum absolute atomic E-state index is 0.0345. The molecule has 4 N–H and O–H groups in total. The smallest absolute Gasteiger partial charge is 0.319 e. The molecular weight excluding hydrogens is 356 g/mol. The molecule has 2 aromatic rings. The third kappa shape index (κ3) is 5.84. The molecule has 2 aromatic carbocycles. The van der Waals surface area contributed by atoms with Crippen molar-refractivity contribution in [2.24, 2.45) is 5.92 Å². The first kappa shape index (κ1) is 19.4. The highest BCUT2D eigenvalue weighted by atomic mass is 16.2. The maximum absolute atomic E-state index is 12.1. The summed E-state index contributed by atoms with van der Waals surface area (Å²) in [5, 5.41) is 11.0. The van der Waals surface area contributed by atoms with Gasteiger partial charge in [0.1, 0.15) is 0 Å². The van der Waals surface area contributed by atoms with E-state index in [-0.39, 0.29) is 23.8 Å². The van der Waals surface area contributed by atoms with E-state index in [0.717, 1.165) is 24.1 Å². The second-order valence-corrected chi connectivity index (χ2v) is 6.85. The number of amides is 4. The molecule has 0 aliphatic heterocycles. The minimum Gasteiger partial charge on any atom is -0.350 e. The van der Waals surface area contributed by atoms with Gasteiger partial charge in [0.25, 0.3) is 5.91 Å². The van der Waals surface area contributed by atoms with E-state index in [2.05, 4.69) is 21.3 Å². The van der Waals surface area contributed by atoms with Gasteiger partial charge >= 0.3 is 6.03 Å². The lowest BCUT2D eigenvalue weighted by Gasteiger charge is -2.10. The van der Waals surface area contributed by atoms with Crippen LogP contribution in [0.5, 0.6) is 0 Å². The number of rotatable bonds is 7. The number of nitrogens with one attached hydrogen (secondary N) is 4. The van der Waals surface area contributed by atoms with Gasteiger partial charge in [0, 0.05) is 35.9 Å². The average molecular weight is 380 g/mol. The van der Waals surface area contributed by atoms with Crippen LogP contribution in [0.2, 0.25) is 0 Å². The largest absolute Gasteiger partial charge is 0.350 e. The highest BCUT2D eigenvalue weighted by Gasteiger charge is 2.29. The van der Waals surface area contributed by atoms with Crippen molar-refractivity contribution in [3.63, 3.8) is 0 Å². The van der Waals surface area contributed by atoms with Crippen molar-refractivity contribution in [1.29, 1.82) is 0 Å². The molecule has 1 aliphatic carbocycles. The summed E-state index contributed by atoms with van der Waals surface area (Å²) in [6.07, 6.45) is 1.90. The van der Waals surface area contributed by atoms with Gasteiger partial charge in [-0.05, 0) is 61.7 Å². The molecule has 7 nitrogen and oxygen atoms in total. The zero-order chi connectivity index (χ0) is 19.9. The summed E-state index contributed by atoms with van der Waals surface area (Å²) < 4.78 is 0. The Balaban J connectivity index is 1.36. The summed E-state index contributed by atoms with van der Waals surface area (Å²) >= 11 is 0. The molecule has 0 aromatic heterocycles. The fourth-order valence-electron chi connectivity index (χ4n) is 2.65. The Kier molecular flexibility index (Phi) is 6.26. The topological polar surface area (TPSA) is 99.3 Å². The quantitative estimate of drug-likeness (QED) is 0.556. The van der Waals surface area contributed by atoms with E-state index in [1.807, 2.05) is 31.2 Å². The van der Waals surface area contributed by atoms with Crippen LogP contribution in [0, 0.1) is 12.8 Å². The van der Waals surface area contributed by atoms with Gasteiger partial charge in [-0.15, -0.1) is 0 Å². The molecule has 1 aliphatic rings. The number of carbonyl (C=O) groups excluding carboxylic acids is 3. The van der Waals surface area contributed by atoms with E-state index in [1.54, 1.807) is 24.3 Å². The van der Waals surface area contributed by atoms with Crippen LogP contribution in [0.4, 0.5) is 16.2 Å². The Hall–Kier alpha value is -3.35. The van der Waals surface area contributed by atoms with Crippen molar-refractivity contribution < 1.29 is 14.4 Å². The second kappa shape index (κ2) is 9.03. The van der Waals surface area contributed by atoms with Crippen LogP contribution in [0.3, 0.4) is 0 Å². The van der Waals surface area contributed by atoms with Gasteiger partial charge in [0.05, 0.1) is 0 Å². The van der Waals surface area contributed by atoms with Crippen molar-refractivity contribution in [3.05, 3.63) is 59.7 Å². The predicted octanol–water partition coefficient (Wildman–Crippen LogP) is 2.90. The van der Waals surface area contributed by atoms with Gasteiger partial charge in [0.15, 0.2) is 0 Å². The van der Waals surface area contributed by atoms with E-state index in [0.29, 0.717) is 24.3 Å². The number of urea groups is 1. The highest BCUT2D eigenvalue weighted by molar-refractivity contribution is 5.96. The van der Waals surface area contributed by atoms with Gasteiger partial charge in [0.2, 0.25) is 5.91 Å². The average Bonchev–Trinajstić information content (AvgIpc) is 3.51. The van der Waals surface area contributed by atoms with Crippen LogP contribution < -0.4 is 21.3 Å². The molecule has 4 amide bonds. The molecule has 1 fully saturated rings. The SMILES string of the molecule is Cc1cccc(NC(=O)NCCNC(=O)c2ccc(NC(=O)C3CC3)cc2)c1. The Labute approximate surface area is 163 Å². The summed E-state index contributed by atoms with van der Waals surface area (Å²) in [6.45, 7) is 2.56. The molecule has 28 heavy (non-hydrogen) atoms. The maximum atomic E-state index is 12.1. The lowest BCUT2D eigenvalue weighted by Crippen LogP contribution is -2.36. The molecule has 0 heterocycles. The fourth-order valence-corrected chi connectivity index (χ4v) is 2.65. The third-order valence-electron chi connectivity index (χ3n) is 4.33. The zero-order valence-electron chi connectivity index (χ0n) is 15.7. The first-order valence-electron chi connectivity index (χ1n) is 9.32. The van der Waals surface area contributed by atoms with Crippen LogP contribution >= 0.6 is 0 Å². The molecule has 7 heteroatoms. The first-order valence-corrected chi connectivity index (χ1v) is 9.32. The summed E-state index contributed by atoms with van der Waals surface area (Å²) in [5.74, 6) is -0.0632. The van der Waals surface area contributed by atoms with E-state index in [9.17, 15) is 14.4 Å². The van der Waals surface area contributed by atoms with Crippen molar-refractivity contribution in [2.75, 3.05) is 23.7 Å². The van der Waals surface area contributed by atoms with E-state index in [1.165, 1.54) is 0 Å². The minimum atomic E-state index is -0.324. The van der Waals surface area contributed by atoms with E-state index >= 15 is 0 Å². The van der Waals surface area contributed by atoms with Crippen LogP contribution in [0.15, 0.2) is 48.5 Å². The number of aryl methyl sites for hydroxylation is 1. The van der Waals surface area contributed by atoms with Gasteiger partial charge in [-0.1, -0.05) is 12.1 Å². The molecule has 1 saturated carbocycles. The second-order valence-electron chi connectivity index (χ2n) is 6.85. The standard InChI is InChI=1S/C21H24N4O3/c1-14-3-2-4-18(13-14)25-21(28)23-12-11-22-19(26)15-7-9-17(10-8-15)24-20(27)16-5-6-16/h2-4,7-10,13,16H,5-6,11-12H2,1H3,(H,22,26)(H,24,27)(H2,23,25,28). The molecule has 3 rings (SSSR count). The summed E-state index contributed by atoms with van der Waals surface area (Å²) in [6, 6.07) is 13.9. The summed E-state index contributed by atoms with van der Waals surface area (Å²) in [7, 11) is 0. The van der Waals surface area contributed by atoms with Crippen molar-refractivity contribution in [1.82, 2.24) is 10.6 Å². The van der Waals surface area contributed by atoms with E-state index < -0.39 is 0 Å². The van der Waals surface area contributed by atoms with Gasteiger partial charge in [-0.25, -0.2) is 4.79 Å². The third-order valence-corrected chi connectivity index (χ3v) is 4.33. The number of carbonyl (C=O) groups is 3. The van der Waals surface area contributed by atoms with Crippen LogP contribution in [0.1, 0.15) is 28.8 Å². The van der Waals surface area contributed by atoms with Crippen molar-refractivity contribution >= 4 is 29.2 Å². The zero-order valence-corrected chi connectivity index (χ0v) is 15.7. The molecule has 0 spiro atoms. The van der Waals surface area contributed by atoms with Crippen molar-refractivity contribution in [3.8, 4) is 0 Å². The maximum Gasteiger partial charge on any atom is 0.319 e. The Morgan fingerprint density at radius 1 is 0.893 bits per heavy atom. The van der Waals surface area contributed by atoms with Gasteiger partial charge in [-0.2, -0.15) is 0 Å². The number of benzene rings is 2. The number of hydrogen-bond donors (Lipinski definition) is 4. The molecule has 0 unspecified atom stereocenters. The molecule has 146 valence electrons. The predicted molar refractivity (Wildman–Crippen MR) is 108 cm³/mol. The van der Waals surface area contributed by atoms with Crippen LogP contribution in [0.25, 0.3) is 0 Å². The molecular formula is C21H24N4O3. The van der Waals surface area contributed by atoms with Crippen LogP contribution in [-0.2, 0) is 4.79 Å². The first-order chi connectivity index (χ1) is 13.5. The number of anilines is 2.